The van der Waals surface area contributed by atoms with Crippen LogP contribution >= 0.6 is 0 Å². The molecule has 1 unspecified atom stereocenters. The molecule has 0 aliphatic carbocycles. The molecule has 0 spiro atoms. The van der Waals surface area contributed by atoms with Crippen molar-refractivity contribution in [2.45, 2.75) is 26.8 Å². The van der Waals surface area contributed by atoms with E-state index in [9.17, 15) is 4.79 Å². The van der Waals surface area contributed by atoms with Crippen molar-refractivity contribution in [1.29, 1.82) is 0 Å². The summed E-state index contributed by atoms with van der Waals surface area (Å²) in [6.45, 7) is 6.79. The molecule has 0 aromatic carbocycles. The molecular formula is C12H19NO3. The fraction of sp³-hybridized carbons (Fsp3) is 0.583. The van der Waals surface area contributed by atoms with E-state index in [1.807, 2.05) is 24.6 Å². The average molecular weight is 225 g/mol. The predicted molar refractivity (Wildman–Crippen MR) is 61.7 cm³/mol. The van der Waals surface area contributed by atoms with E-state index in [0.717, 1.165) is 5.69 Å². The fourth-order valence-electron chi connectivity index (χ4n) is 1.75. The van der Waals surface area contributed by atoms with Crippen LogP contribution in [0.2, 0.25) is 0 Å². The van der Waals surface area contributed by atoms with Gasteiger partial charge in [-0.3, -0.25) is 0 Å². The molecule has 0 saturated heterocycles. The maximum atomic E-state index is 11.6. The van der Waals surface area contributed by atoms with Gasteiger partial charge in [0.25, 0.3) is 0 Å². The summed E-state index contributed by atoms with van der Waals surface area (Å²) in [5.74, 6) is -0.261. The Morgan fingerprint density at radius 1 is 1.56 bits per heavy atom. The highest BCUT2D eigenvalue weighted by Crippen LogP contribution is 2.17. The van der Waals surface area contributed by atoms with Crippen molar-refractivity contribution in [3.63, 3.8) is 0 Å². The second-order valence-electron chi connectivity index (χ2n) is 3.75. The van der Waals surface area contributed by atoms with Gasteiger partial charge in [0, 0.05) is 19.0 Å². The second kappa shape index (κ2) is 5.70. The highest BCUT2D eigenvalue weighted by Gasteiger charge is 2.16. The Labute approximate surface area is 96.2 Å². The molecule has 1 aromatic heterocycles. The van der Waals surface area contributed by atoms with E-state index in [4.69, 9.17) is 9.47 Å². The van der Waals surface area contributed by atoms with Gasteiger partial charge in [0.05, 0.1) is 24.8 Å². The molecule has 4 nitrogen and oxygen atoms in total. The van der Waals surface area contributed by atoms with E-state index in [0.29, 0.717) is 18.8 Å². The standard InChI is InChI=1S/C12H19NO3/c1-5-16-12(14)11-6-7-13(10(11)3)9(2)8-15-4/h6-7,9H,5,8H2,1-4H3. The number of ether oxygens (including phenoxy) is 2. The summed E-state index contributed by atoms with van der Waals surface area (Å²) in [6.07, 6.45) is 1.89. The number of hydrogen-bond acceptors (Lipinski definition) is 3. The van der Waals surface area contributed by atoms with Crippen molar-refractivity contribution in [2.75, 3.05) is 20.3 Å². The van der Waals surface area contributed by atoms with Gasteiger partial charge < -0.3 is 14.0 Å². The molecule has 1 atom stereocenters. The highest BCUT2D eigenvalue weighted by atomic mass is 16.5. The van der Waals surface area contributed by atoms with E-state index in [1.165, 1.54) is 0 Å². The molecule has 0 saturated carbocycles. The van der Waals surface area contributed by atoms with Crippen molar-refractivity contribution in [3.8, 4) is 0 Å². The first-order valence-corrected chi connectivity index (χ1v) is 5.45. The Kier molecular flexibility index (Phi) is 4.55. The quantitative estimate of drug-likeness (QED) is 0.721. The first-order chi connectivity index (χ1) is 7.61. The Balaban J connectivity index is 2.87. The molecule has 0 aliphatic heterocycles. The first-order valence-electron chi connectivity index (χ1n) is 5.45. The summed E-state index contributed by atoms with van der Waals surface area (Å²) >= 11 is 0. The minimum Gasteiger partial charge on any atom is -0.462 e. The Hall–Kier alpha value is -1.29. The molecule has 0 aliphatic rings. The van der Waals surface area contributed by atoms with Gasteiger partial charge >= 0.3 is 5.97 Å². The van der Waals surface area contributed by atoms with E-state index in [2.05, 4.69) is 0 Å². The van der Waals surface area contributed by atoms with Crippen molar-refractivity contribution in [3.05, 3.63) is 23.5 Å². The van der Waals surface area contributed by atoms with Crippen LogP contribution in [-0.4, -0.2) is 30.9 Å². The molecule has 0 N–H and O–H groups in total. The zero-order valence-electron chi connectivity index (χ0n) is 10.3. The zero-order chi connectivity index (χ0) is 12.1. The number of rotatable bonds is 5. The van der Waals surface area contributed by atoms with E-state index < -0.39 is 0 Å². The van der Waals surface area contributed by atoms with Crippen LogP contribution in [0.15, 0.2) is 12.3 Å². The summed E-state index contributed by atoms with van der Waals surface area (Å²) in [4.78, 5) is 11.6. The third kappa shape index (κ3) is 2.64. The maximum Gasteiger partial charge on any atom is 0.339 e. The Bertz CT molecular complexity index is 357. The lowest BCUT2D eigenvalue weighted by Crippen LogP contribution is -2.13. The number of aromatic nitrogens is 1. The lowest BCUT2D eigenvalue weighted by Gasteiger charge is -2.15. The van der Waals surface area contributed by atoms with Gasteiger partial charge in [0.15, 0.2) is 0 Å². The topological polar surface area (TPSA) is 40.5 Å². The number of carbonyl (C=O) groups is 1. The molecule has 0 radical (unpaired) electrons. The number of carbonyl (C=O) groups excluding carboxylic acids is 1. The van der Waals surface area contributed by atoms with Crippen molar-refractivity contribution in [2.24, 2.45) is 0 Å². The summed E-state index contributed by atoms with van der Waals surface area (Å²) < 4.78 is 12.1. The summed E-state index contributed by atoms with van der Waals surface area (Å²) in [6, 6.07) is 2.01. The number of methoxy groups -OCH3 is 1. The molecule has 4 heteroatoms. The summed E-state index contributed by atoms with van der Waals surface area (Å²) in [7, 11) is 1.67. The summed E-state index contributed by atoms with van der Waals surface area (Å²) in [5, 5.41) is 0. The van der Waals surface area contributed by atoms with Crippen LogP contribution in [0.4, 0.5) is 0 Å². The minimum atomic E-state index is -0.261. The third-order valence-electron chi connectivity index (χ3n) is 2.56. The average Bonchev–Trinajstić information content (AvgIpc) is 2.61. The second-order valence-corrected chi connectivity index (χ2v) is 3.75. The Morgan fingerprint density at radius 3 is 2.81 bits per heavy atom. The van der Waals surface area contributed by atoms with Crippen LogP contribution in [0, 0.1) is 6.92 Å². The number of hydrogen-bond donors (Lipinski definition) is 0. The molecule has 1 aromatic rings. The maximum absolute atomic E-state index is 11.6. The van der Waals surface area contributed by atoms with Crippen LogP contribution in [-0.2, 0) is 9.47 Å². The van der Waals surface area contributed by atoms with Crippen molar-refractivity contribution >= 4 is 5.97 Å². The van der Waals surface area contributed by atoms with Crippen LogP contribution < -0.4 is 0 Å². The molecule has 0 bridgehead atoms. The molecule has 16 heavy (non-hydrogen) atoms. The van der Waals surface area contributed by atoms with Crippen LogP contribution in [0.3, 0.4) is 0 Å². The van der Waals surface area contributed by atoms with E-state index in [-0.39, 0.29) is 12.0 Å². The number of nitrogens with zero attached hydrogens (tertiary/aromatic N) is 1. The van der Waals surface area contributed by atoms with Crippen LogP contribution in [0.1, 0.15) is 35.9 Å². The van der Waals surface area contributed by atoms with Gasteiger partial charge in [-0.05, 0) is 26.8 Å². The lowest BCUT2D eigenvalue weighted by atomic mass is 10.2. The molecule has 90 valence electrons. The van der Waals surface area contributed by atoms with Gasteiger partial charge in [-0.15, -0.1) is 0 Å². The minimum absolute atomic E-state index is 0.216. The lowest BCUT2D eigenvalue weighted by molar-refractivity contribution is 0.0525. The van der Waals surface area contributed by atoms with Crippen LogP contribution in [0.5, 0.6) is 0 Å². The van der Waals surface area contributed by atoms with Gasteiger partial charge in [-0.1, -0.05) is 0 Å². The van der Waals surface area contributed by atoms with Gasteiger partial charge in [-0.25, -0.2) is 4.79 Å². The van der Waals surface area contributed by atoms with E-state index >= 15 is 0 Å². The van der Waals surface area contributed by atoms with Gasteiger partial charge in [0.2, 0.25) is 0 Å². The monoisotopic (exact) mass is 225 g/mol. The Morgan fingerprint density at radius 2 is 2.25 bits per heavy atom. The smallest absolute Gasteiger partial charge is 0.339 e. The van der Waals surface area contributed by atoms with Crippen LogP contribution in [0.25, 0.3) is 0 Å². The van der Waals surface area contributed by atoms with Crippen molar-refractivity contribution < 1.29 is 14.3 Å². The predicted octanol–water partition coefficient (Wildman–Crippen LogP) is 2.18. The normalized spacial score (nSPS) is 12.5. The highest BCUT2D eigenvalue weighted by molar-refractivity contribution is 5.90. The van der Waals surface area contributed by atoms with Crippen molar-refractivity contribution in [1.82, 2.24) is 4.57 Å². The third-order valence-corrected chi connectivity index (χ3v) is 2.56. The van der Waals surface area contributed by atoms with Gasteiger partial charge in [-0.2, -0.15) is 0 Å². The molecular weight excluding hydrogens is 206 g/mol. The molecule has 0 fully saturated rings. The zero-order valence-corrected chi connectivity index (χ0v) is 10.3. The number of esters is 1. The molecule has 1 rings (SSSR count). The van der Waals surface area contributed by atoms with E-state index in [1.54, 1.807) is 20.1 Å². The fourth-order valence-corrected chi connectivity index (χ4v) is 1.75. The van der Waals surface area contributed by atoms with Gasteiger partial charge in [0.1, 0.15) is 0 Å². The first kappa shape index (κ1) is 12.8. The summed E-state index contributed by atoms with van der Waals surface area (Å²) in [5.41, 5.74) is 1.55. The molecule has 1 heterocycles. The molecule has 0 amide bonds. The largest absolute Gasteiger partial charge is 0.462 e. The SMILES string of the molecule is CCOC(=O)c1ccn(C(C)COC)c1C.